The number of carbonyl (C=O) groups excluding carboxylic acids is 1. The molecule has 0 aliphatic carbocycles. The summed E-state index contributed by atoms with van der Waals surface area (Å²) in [5.74, 6) is -0.566. The van der Waals surface area contributed by atoms with Crippen molar-refractivity contribution in [3.05, 3.63) is 0 Å². The number of nitrogens with one attached hydrogen (secondary N) is 2. The second-order valence-electron chi connectivity index (χ2n) is 3.91. The molecule has 9 heteroatoms. The van der Waals surface area contributed by atoms with Crippen LogP contribution in [0.1, 0.15) is 26.2 Å². The SMILES string of the molecule is CSC(=O)OCNC(CCCCN=C(C)NO)C(=O)O. The summed E-state index contributed by atoms with van der Waals surface area (Å²) in [6.07, 6.45) is 3.35. The number of carboxylic acids is 1. The normalized spacial score (nSPS) is 12.8. The van der Waals surface area contributed by atoms with Crippen molar-refractivity contribution in [1.29, 1.82) is 0 Å². The number of hydrogen-bond acceptors (Lipinski definition) is 7. The summed E-state index contributed by atoms with van der Waals surface area (Å²) in [6.45, 7) is 2.01. The molecule has 0 aromatic rings. The van der Waals surface area contributed by atoms with Crippen LogP contribution in [0.3, 0.4) is 0 Å². The highest BCUT2D eigenvalue weighted by Gasteiger charge is 2.16. The second kappa shape index (κ2) is 11.5. The molecule has 0 fully saturated rings. The van der Waals surface area contributed by atoms with E-state index in [0.29, 0.717) is 31.6 Å². The molecule has 0 saturated carbocycles. The Hall–Kier alpha value is -1.32. The number of ether oxygens (including phenoxy) is 1. The first kappa shape index (κ1) is 18.7. The number of carboxylic acid groups (broad SMARTS) is 1. The van der Waals surface area contributed by atoms with Gasteiger partial charge in [-0.1, -0.05) is 0 Å². The van der Waals surface area contributed by atoms with Crippen LogP contribution in [-0.4, -0.2) is 53.0 Å². The van der Waals surface area contributed by atoms with Gasteiger partial charge >= 0.3 is 11.3 Å². The smallest absolute Gasteiger partial charge is 0.368 e. The van der Waals surface area contributed by atoms with Crippen molar-refractivity contribution >= 4 is 28.9 Å². The van der Waals surface area contributed by atoms with E-state index in [4.69, 9.17) is 15.1 Å². The molecule has 0 aliphatic rings. The number of nitrogens with zero attached hydrogens (tertiary/aromatic N) is 1. The summed E-state index contributed by atoms with van der Waals surface area (Å²) in [4.78, 5) is 25.8. The number of amidine groups is 1. The summed E-state index contributed by atoms with van der Waals surface area (Å²) >= 11 is 0.924. The molecule has 0 heterocycles. The number of aliphatic carboxylic acids is 1. The standard InChI is InChI=1S/C11H21N3O5S/c1-8(14-18)12-6-4-3-5-9(10(15)16)13-7-19-11(17)20-2/h9,13,18H,3-7H2,1-2H3,(H,12,14)(H,15,16). The second-order valence-corrected chi connectivity index (χ2v) is 4.65. The van der Waals surface area contributed by atoms with Crippen LogP contribution in [0.5, 0.6) is 0 Å². The van der Waals surface area contributed by atoms with E-state index in [2.05, 4.69) is 10.3 Å². The molecule has 0 rings (SSSR count). The topological polar surface area (TPSA) is 120 Å². The van der Waals surface area contributed by atoms with Crippen molar-refractivity contribution in [2.45, 2.75) is 32.2 Å². The van der Waals surface area contributed by atoms with Gasteiger partial charge < -0.3 is 9.84 Å². The summed E-state index contributed by atoms with van der Waals surface area (Å²) in [6, 6.07) is -0.759. The molecule has 4 N–H and O–H groups in total. The zero-order chi connectivity index (χ0) is 15.4. The van der Waals surface area contributed by atoms with Crippen LogP contribution in [0.2, 0.25) is 0 Å². The van der Waals surface area contributed by atoms with E-state index in [9.17, 15) is 9.59 Å². The maximum Gasteiger partial charge on any atom is 0.368 e. The molecular formula is C11H21N3O5S. The number of aliphatic imine (C=N–C) groups is 1. The maximum absolute atomic E-state index is 11.0. The zero-order valence-electron chi connectivity index (χ0n) is 11.6. The molecule has 0 aromatic carbocycles. The molecule has 0 amide bonds. The molecule has 8 nitrogen and oxygen atoms in total. The van der Waals surface area contributed by atoms with Crippen molar-refractivity contribution in [2.24, 2.45) is 4.99 Å². The predicted molar refractivity (Wildman–Crippen MR) is 76.2 cm³/mol. The fourth-order valence-electron chi connectivity index (χ4n) is 1.32. The van der Waals surface area contributed by atoms with E-state index in [-0.39, 0.29) is 6.73 Å². The Morgan fingerprint density at radius 1 is 1.40 bits per heavy atom. The minimum absolute atomic E-state index is 0.123. The number of carbonyl (C=O) groups is 2. The lowest BCUT2D eigenvalue weighted by Crippen LogP contribution is -2.38. The molecule has 0 spiro atoms. The molecule has 116 valence electrons. The fourth-order valence-corrected chi connectivity index (χ4v) is 1.49. The average molecular weight is 307 g/mol. The Morgan fingerprint density at radius 3 is 2.65 bits per heavy atom. The van der Waals surface area contributed by atoms with Crippen LogP contribution in [0, 0.1) is 0 Å². The van der Waals surface area contributed by atoms with Gasteiger partial charge in [0.1, 0.15) is 18.6 Å². The van der Waals surface area contributed by atoms with Gasteiger partial charge in [-0.2, -0.15) is 0 Å². The third-order valence-electron chi connectivity index (χ3n) is 2.40. The Kier molecular flexibility index (Phi) is 10.7. The van der Waals surface area contributed by atoms with Gasteiger partial charge in [-0.3, -0.25) is 25.8 Å². The van der Waals surface area contributed by atoms with Gasteiger partial charge in [0, 0.05) is 6.54 Å². The maximum atomic E-state index is 11.0. The van der Waals surface area contributed by atoms with E-state index in [1.165, 1.54) is 0 Å². The minimum atomic E-state index is -0.984. The lowest BCUT2D eigenvalue weighted by atomic mass is 10.1. The summed E-state index contributed by atoms with van der Waals surface area (Å²) in [7, 11) is 0. The quantitative estimate of drug-likeness (QED) is 0.125. The first-order valence-corrected chi connectivity index (χ1v) is 7.31. The molecule has 0 saturated heterocycles. The van der Waals surface area contributed by atoms with E-state index in [1.54, 1.807) is 13.2 Å². The highest BCUT2D eigenvalue weighted by Crippen LogP contribution is 2.03. The van der Waals surface area contributed by atoms with Gasteiger partial charge in [0.05, 0.1) is 0 Å². The van der Waals surface area contributed by atoms with Crippen LogP contribution >= 0.6 is 11.8 Å². The summed E-state index contributed by atoms with van der Waals surface area (Å²) in [5.41, 5.74) is 1.92. The number of thioether (sulfide) groups is 1. The van der Waals surface area contributed by atoms with Crippen molar-refractivity contribution in [3.63, 3.8) is 0 Å². The third-order valence-corrected chi connectivity index (χ3v) is 2.85. The first-order valence-electron chi connectivity index (χ1n) is 6.09. The number of hydroxylamine groups is 1. The van der Waals surface area contributed by atoms with Crippen LogP contribution in [-0.2, 0) is 9.53 Å². The Labute approximate surface area is 121 Å². The molecule has 0 aromatic heterocycles. The van der Waals surface area contributed by atoms with Crippen LogP contribution in [0.25, 0.3) is 0 Å². The third kappa shape index (κ3) is 9.59. The van der Waals surface area contributed by atoms with Crippen LogP contribution < -0.4 is 10.8 Å². The molecule has 20 heavy (non-hydrogen) atoms. The molecule has 0 bridgehead atoms. The van der Waals surface area contributed by atoms with E-state index < -0.39 is 17.3 Å². The van der Waals surface area contributed by atoms with Crippen molar-refractivity contribution in [1.82, 2.24) is 10.8 Å². The van der Waals surface area contributed by atoms with E-state index >= 15 is 0 Å². The summed E-state index contributed by atoms with van der Waals surface area (Å²) in [5, 5.41) is 19.7. The molecule has 1 unspecified atom stereocenters. The highest BCUT2D eigenvalue weighted by atomic mass is 32.2. The van der Waals surface area contributed by atoms with Crippen molar-refractivity contribution < 1.29 is 24.6 Å². The van der Waals surface area contributed by atoms with Gasteiger partial charge in [0.25, 0.3) is 0 Å². The lowest BCUT2D eigenvalue weighted by Gasteiger charge is -2.13. The average Bonchev–Trinajstić information content (AvgIpc) is 2.43. The number of rotatable bonds is 9. The van der Waals surface area contributed by atoms with Gasteiger partial charge in [-0.25, -0.2) is 4.79 Å². The molecular weight excluding hydrogens is 286 g/mol. The highest BCUT2D eigenvalue weighted by molar-refractivity contribution is 8.12. The Morgan fingerprint density at radius 2 is 2.10 bits per heavy atom. The minimum Gasteiger partial charge on any atom is -0.480 e. The van der Waals surface area contributed by atoms with E-state index in [0.717, 1.165) is 11.8 Å². The van der Waals surface area contributed by atoms with Gasteiger partial charge in [-0.05, 0) is 44.2 Å². The van der Waals surface area contributed by atoms with Crippen LogP contribution in [0.4, 0.5) is 4.79 Å². The van der Waals surface area contributed by atoms with Crippen molar-refractivity contribution in [2.75, 3.05) is 19.5 Å². The zero-order valence-corrected chi connectivity index (χ0v) is 12.4. The lowest BCUT2D eigenvalue weighted by molar-refractivity contribution is -0.140. The number of unbranched alkanes of at least 4 members (excludes halogenated alkanes) is 1. The van der Waals surface area contributed by atoms with Crippen molar-refractivity contribution in [3.8, 4) is 0 Å². The largest absolute Gasteiger partial charge is 0.480 e. The monoisotopic (exact) mass is 307 g/mol. The Balaban J connectivity index is 3.86. The molecule has 1 atom stereocenters. The summed E-state index contributed by atoms with van der Waals surface area (Å²) < 4.78 is 4.74. The van der Waals surface area contributed by atoms with Gasteiger partial charge in [0.15, 0.2) is 0 Å². The fraction of sp³-hybridized carbons (Fsp3) is 0.727. The predicted octanol–water partition coefficient (Wildman–Crippen LogP) is 1.05. The Bertz CT molecular complexity index is 338. The molecule has 0 aliphatic heterocycles. The van der Waals surface area contributed by atoms with Crippen LogP contribution in [0.15, 0.2) is 4.99 Å². The molecule has 0 radical (unpaired) electrons. The van der Waals surface area contributed by atoms with E-state index in [1.807, 2.05) is 5.48 Å². The van der Waals surface area contributed by atoms with Gasteiger partial charge in [-0.15, -0.1) is 0 Å². The number of hydrogen-bond donors (Lipinski definition) is 4. The van der Waals surface area contributed by atoms with Gasteiger partial charge in [0.2, 0.25) is 0 Å². The first-order chi connectivity index (χ1) is 9.51.